The third-order valence-electron chi connectivity index (χ3n) is 2.87. The SMILES string of the molecule is NCc1ccc(F)cc1COCCc1ccccn1. The Kier molecular flexibility index (Phi) is 5.01. The highest BCUT2D eigenvalue weighted by Gasteiger charge is 2.03. The fourth-order valence-electron chi connectivity index (χ4n) is 1.83. The van der Waals surface area contributed by atoms with Crippen LogP contribution in [-0.4, -0.2) is 11.6 Å². The third-order valence-corrected chi connectivity index (χ3v) is 2.87. The Balaban J connectivity index is 1.84. The van der Waals surface area contributed by atoms with Gasteiger partial charge >= 0.3 is 0 Å². The number of rotatable bonds is 6. The summed E-state index contributed by atoms with van der Waals surface area (Å²) >= 11 is 0. The highest BCUT2D eigenvalue weighted by Crippen LogP contribution is 2.12. The Hall–Kier alpha value is -1.78. The second-order valence-corrected chi connectivity index (χ2v) is 4.24. The van der Waals surface area contributed by atoms with Gasteiger partial charge in [0.05, 0.1) is 13.2 Å². The molecule has 3 nitrogen and oxygen atoms in total. The molecule has 4 heteroatoms. The molecule has 0 fully saturated rings. The summed E-state index contributed by atoms with van der Waals surface area (Å²) in [4.78, 5) is 4.21. The van der Waals surface area contributed by atoms with E-state index in [1.165, 1.54) is 12.1 Å². The van der Waals surface area contributed by atoms with Gasteiger partial charge in [-0.3, -0.25) is 4.98 Å². The zero-order valence-electron chi connectivity index (χ0n) is 10.7. The Morgan fingerprint density at radius 2 is 2.05 bits per heavy atom. The van der Waals surface area contributed by atoms with E-state index in [-0.39, 0.29) is 5.82 Å². The molecule has 100 valence electrons. The smallest absolute Gasteiger partial charge is 0.123 e. The van der Waals surface area contributed by atoms with Gasteiger partial charge in [0.25, 0.3) is 0 Å². The molecule has 1 aromatic carbocycles. The van der Waals surface area contributed by atoms with E-state index in [1.54, 1.807) is 12.3 Å². The monoisotopic (exact) mass is 260 g/mol. The fourth-order valence-corrected chi connectivity index (χ4v) is 1.83. The van der Waals surface area contributed by atoms with E-state index in [9.17, 15) is 4.39 Å². The van der Waals surface area contributed by atoms with Gasteiger partial charge in [-0.15, -0.1) is 0 Å². The third kappa shape index (κ3) is 4.12. The molecule has 0 unspecified atom stereocenters. The maximum absolute atomic E-state index is 13.2. The largest absolute Gasteiger partial charge is 0.376 e. The lowest BCUT2D eigenvalue weighted by Gasteiger charge is -2.09. The van der Waals surface area contributed by atoms with Gasteiger partial charge in [0.15, 0.2) is 0 Å². The van der Waals surface area contributed by atoms with Gasteiger partial charge in [-0.1, -0.05) is 12.1 Å². The molecule has 0 amide bonds. The highest BCUT2D eigenvalue weighted by molar-refractivity contribution is 5.27. The molecule has 0 radical (unpaired) electrons. The lowest BCUT2D eigenvalue weighted by atomic mass is 10.1. The summed E-state index contributed by atoms with van der Waals surface area (Å²) in [5.74, 6) is -0.263. The van der Waals surface area contributed by atoms with Crippen LogP contribution in [0.4, 0.5) is 4.39 Å². The van der Waals surface area contributed by atoms with Crippen LogP contribution in [0.25, 0.3) is 0 Å². The molecule has 0 atom stereocenters. The number of nitrogens with zero attached hydrogens (tertiary/aromatic N) is 1. The quantitative estimate of drug-likeness (QED) is 0.811. The number of pyridine rings is 1. The second-order valence-electron chi connectivity index (χ2n) is 4.24. The number of hydrogen-bond donors (Lipinski definition) is 1. The normalized spacial score (nSPS) is 10.6. The van der Waals surface area contributed by atoms with E-state index < -0.39 is 0 Å². The number of ether oxygens (including phenoxy) is 1. The topological polar surface area (TPSA) is 48.1 Å². The van der Waals surface area contributed by atoms with Gasteiger partial charge in [0.2, 0.25) is 0 Å². The minimum Gasteiger partial charge on any atom is -0.376 e. The fraction of sp³-hybridized carbons (Fsp3) is 0.267. The first-order valence-corrected chi connectivity index (χ1v) is 6.24. The Morgan fingerprint density at radius 3 is 2.79 bits per heavy atom. The van der Waals surface area contributed by atoms with Crippen molar-refractivity contribution >= 4 is 0 Å². The predicted octanol–water partition coefficient (Wildman–Crippen LogP) is 2.44. The van der Waals surface area contributed by atoms with Crippen molar-refractivity contribution in [2.45, 2.75) is 19.6 Å². The molecule has 0 bridgehead atoms. The van der Waals surface area contributed by atoms with E-state index in [4.69, 9.17) is 10.5 Å². The molecular weight excluding hydrogens is 243 g/mol. The zero-order valence-corrected chi connectivity index (χ0v) is 10.7. The van der Waals surface area contributed by atoms with Gasteiger partial charge in [0.1, 0.15) is 5.82 Å². The summed E-state index contributed by atoms with van der Waals surface area (Å²) in [5, 5.41) is 0. The van der Waals surface area contributed by atoms with Crippen LogP contribution in [0.3, 0.4) is 0 Å². The standard InChI is InChI=1S/C15H17FN2O/c16-14-5-4-12(10-17)13(9-14)11-19-8-6-15-3-1-2-7-18-15/h1-5,7,9H,6,8,10-11,17H2. The average Bonchev–Trinajstić information content (AvgIpc) is 2.45. The van der Waals surface area contributed by atoms with Gasteiger partial charge in [0, 0.05) is 24.9 Å². The van der Waals surface area contributed by atoms with Gasteiger partial charge in [-0.2, -0.15) is 0 Å². The summed E-state index contributed by atoms with van der Waals surface area (Å²) in [6.07, 6.45) is 2.50. The Bertz CT molecular complexity index is 517. The van der Waals surface area contributed by atoms with Gasteiger partial charge < -0.3 is 10.5 Å². The molecule has 0 aliphatic carbocycles. The van der Waals surface area contributed by atoms with Crippen LogP contribution < -0.4 is 5.73 Å². The molecule has 1 heterocycles. The Morgan fingerprint density at radius 1 is 1.16 bits per heavy atom. The molecule has 0 spiro atoms. The van der Waals surface area contributed by atoms with E-state index in [2.05, 4.69) is 4.98 Å². The summed E-state index contributed by atoms with van der Waals surface area (Å²) in [7, 11) is 0. The molecule has 0 saturated carbocycles. The highest BCUT2D eigenvalue weighted by atomic mass is 19.1. The number of aromatic nitrogens is 1. The molecule has 2 rings (SSSR count). The molecule has 0 saturated heterocycles. The average molecular weight is 260 g/mol. The molecule has 19 heavy (non-hydrogen) atoms. The lowest BCUT2D eigenvalue weighted by Crippen LogP contribution is -2.06. The van der Waals surface area contributed by atoms with Crippen molar-refractivity contribution in [3.05, 3.63) is 65.2 Å². The lowest BCUT2D eigenvalue weighted by molar-refractivity contribution is 0.122. The number of nitrogens with two attached hydrogens (primary N) is 1. The first kappa shape index (κ1) is 13.6. The van der Waals surface area contributed by atoms with Crippen LogP contribution in [0.5, 0.6) is 0 Å². The van der Waals surface area contributed by atoms with Crippen molar-refractivity contribution in [2.24, 2.45) is 5.73 Å². The first-order valence-electron chi connectivity index (χ1n) is 6.24. The van der Waals surface area contributed by atoms with Crippen LogP contribution in [0.15, 0.2) is 42.6 Å². The maximum Gasteiger partial charge on any atom is 0.123 e. The first-order chi connectivity index (χ1) is 9.29. The van der Waals surface area contributed by atoms with E-state index in [0.717, 1.165) is 23.2 Å². The van der Waals surface area contributed by atoms with Crippen molar-refractivity contribution in [3.8, 4) is 0 Å². The summed E-state index contributed by atoms with van der Waals surface area (Å²) in [5.41, 5.74) is 8.32. The summed E-state index contributed by atoms with van der Waals surface area (Å²) < 4.78 is 18.7. The summed E-state index contributed by atoms with van der Waals surface area (Å²) in [6, 6.07) is 10.4. The van der Waals surface area contributed by atoms with Crippen LogP contribution in [0, 0.1) is 5.82 Å². The van der Waals surface area contributed by atoms with Crippen molar-refractivity contribution < 1.29 is 9.13 Å². The van der Waals surface area contributed by atoms with Crippen molar-refractivity contribution in [1.29, 1.82) is 0 Å². The minimum atomic E-state index is -0.263. The Labute approximate surface area is 112 Å². The summed E-state index contributed by atoms with van der Waals surface area (Å²) in [6.45, 7) is 1.31. The molecular formula is C15H17FN2O. The van der Waals surface area contributed by atoms with Crippen molar-refractivity contribution in [2.75, 3.05) is 6.61 Å². The van der Waals surface area contributed by atoms with Crippen molar-refractivity contribution in [1.82, 2.24) is 4.98 Å². The predicted molar refractivity (Wildman–Crippen MR) is 71.9 cm³/mol. The van der Waals surface area contributed by atoms with E-state index >= 15 is 0 Å². The van der Waals surface area contributed by atoms with E-state index in [1.807, 2.05) is 18.2 Å². The molecule has 0 aliphatic rings. The molecule has 2 aromatic rings. The molecule has 2 N–H and O–H groups in total. The number of hydrogen-bond acceptors (Lipinski definition) is 3. The number of benzene rings is 1. The van der Waals surface area contributed by atoms with Gasteiger partial charge in [-0.05, 0) is 35.4 Å². The maximum atomic E-state index is 13.2. The molecule has 1 aromatic heterocycles. The van der Waals surface area contributed by atoms with Crippen LogP contribution in [0.1, 0.15) is 16.8 Å². The zero-order chi connectivity index (χ0) is 13.5. The number of halogens is 1. The van der Waals surface area contributed by atoms with Gasteiger partial charge in [-0.25, -0.2) is 4.39 Å². The van der Waals surface area contributed by atoms with Crippen LogP contribution in [-0.2, 0) is 24.3 Å². The van der Waals surface area contributed by atoms with Crippen LogP contribution in [0.2, 0.25) is 0 Å². The minimum absolute atomic E-state index is 0.263. The van der Waals surface area contributed by atoms with E-state index in [0.29, 0.717) is 19.8 Å². The van der Waals surface area contributed by atoms with Crippen molar-refractivity contribution in [3.63, 3.8) is 0 Å². The molecule has 0 aliphatic heterocycles. The second kappa shape index (κ2) is 6.97. The van der Waals surface area contributed by atoms with Crippen LogP contribution >= 0.6 is 0 Å².